The van der Waals surface area contributed by atoms with Crippen LogP contribution < -0.4 is 10.6 Å². The minimum absolute atomic E-state index is 0. The van der Waals surface area contributed by atoms with Gasteiger partial charge >= 0.3 is 0 Å². The summed E-state index contributed by atoms with van der Waals surface area (Å²) in [5, 5.41) is 10.6. The summed E-state index contributed by atoms with van der Waals surface area (Å²) in [6, 6.07) is 8.86. The molecule has 0 bridgehead atoms. The number of thioether (sulfide) groups is 1. The first-order valence-electron chi connectivity index (χ1n) is 8.59. The van der Waals surface area contributed by atoms with E-state index in [0.29, 0.717) is 29.6 Å². The average Bonchev–Trinajstić information content (AvgIpc) is 3.14. The van der Waals surface area contributed by atoms with Gasteiger partial charge in [0.15, 0.2) is 0 Å². The zero-order valence-corrected chi connectivity index (χ0v) is 16.1. The third-order valence-electron chi connectivity index (χ3n) is 4.23. The lowest BCUT2D eigenvalue weighted by Gasteiger charge is -2.22. The molecule has 142 valence electrons. The van der Waals surface area contributed by atoms with Crippen molar-refractivity contribution in [3.63, 3.8) is 0 Å². The number of carbonyl (C=O) groups excluding carboxylic acids is 1. The molecule has 8 heteroatoms. The molecule has 1 aliphatic rings. The first-order chi connectivity index (χ1) is 12.2. The summed E-state index contributed by atoms with van der Waals surface area (Å²) < 4.78 is 15.4. The van der Waals surface area contributed by atoms with Gasteiger partial charge in [0, 0.05) is 30.8 Å². The van der Waals surface area contributed by atoms with Gasteiger partial charge in [0.2, 0.25) is 0 Å². The van der Waals surface area contributed by atoms with Gasteiger partial charge in [-0.1, -0.05) is 18.2 Å². The molecule has 1 unspecified atom stereocenters. The van der Waals surface area contributed by atoms with E-state index in [0.717, 1.165) is 31.7 Å². The Labute approximate surface area is 163 Å². The fourth-order valence-corrected chi connectivity index (χ4v) is 3.69. The molecule has 1 fully saturated rings. The van der Waals surface area contributed by atoms with Crippen molar-refractivity contribution in [1.82, 2.24) is 20.4 Å². The molecule has 26 heavy (non-hydrogen) atoms. The van der Waals surface area contributed by atoms with Crippen LogP contribution in [0.2, 0.25) is 0 Å². The van der Waals surface area contributed by atoms with Crippen LogP contribution in [-0.4, -0.2) is 41.1 Å². The standard InChI is InChI=1S/C18H23FN4OS.ClH/c19-16-6-2-1-4-14(16)13-25-11-9-21-18(24)17-7-10-23(22-17)15-5-3-8-20-12-15;/h1-2,4,6-7,10,15,20H,3,5,8-9,11-13H2,(H,21,24);1H. The molecule has 3 rings (SSSR count). The Morgan fingerprint density at radius 2 is 2.23 bits per heavy atom. The van der Waals surface area contributed by atoms with Crippen molar-refractivity contribution in [3.05, 3.63) is 53.6 Å². The van der Waals surface area contributed by atoms with E-state index in [1.54, 1.807) is 30.0 Å². The number of amides is 1. The van der Waals surface area contributed by atoms with E-state index in [1.807, 2.05) is 16.9 Å². The molecular formula is C18H24ClFN4OS. The van der Waals surface area contributed by atoms with E-state index < -0.39 is 0 Å². The molecule has 1 atom stereocenters. The molecule has 2 N–H and O–H groups in total. The summed E-state index contributed by atoms with van der Waals surface area (Å²) in [5.41, 5.74) is 1.14. The molecule has 1 aromatic carbocycles. The van der Waals surface area contributed by atoms with Crippen LogP contribution >= 0.6 is 24.2 Å². The maximum absolute atomic E-state index is 13.5. The summed E-state index contributed by atoms with van der Waals surface area (Å²) in [7, 11) is 0. The van der Waals surface area contributed by atoms with E-state index in [1.165, 1.54) is 6.07 Å². The molecule has 1 amide bonds. The minimum Gasteiger partial charge on any atom is -0.350 e. The van der Waals surface area contributed by atoms with E-state index in [2.05, 4.69) is 15.7 Å². The first-order valence-corrected chi connectivity index (χ1v) is 9.75. The SMILES string of the molecule is Cl.O=C(NCCSCc1ccccc1F)c1ccn(C2CCCNC2)n1. The predicted molar refractivity (Wildman–Crippen MR) is 106 cm³/mol. The predicted octanol–water partition coefficient (Wildman–Crippen LogP) is 3.03. The maximum Gasteiger partial charge on any atom is 0.271 e. The van der Waals surface area contributed by atoms with E-state index in [-0.39, 0.29) is 24.1 Å². The van der Waals surface area contributed by atoms with Crippen LogP contribution in [0.15, 0.2) is 36.5 Å². The number of halogens is 2. The third kappa shape index (κ3) is 5.72. The van der Waals surface area contributed by atoms with Gasteiger partial charge < -0.3 is 10.6 Å². The Kier molecular flexibility index (Phi) is 8.41. The second-order valence-electron chi connectivity index (χ2n) is 6.08. The highest BCUT2D eigenvalue weighted by Gasteiger charge is 2.17. The van der Waals surface area contributed by atoms with Crippen LogP contribution in [0.3, 0.4) is 0 Å². The number of nitrogens with one attached hydrogen (secondary N) is 2. The van der Waals surface area contributed by atoms with Crippen LogP contribution in [0.25, 0.3) is 0 Å². The number of aromatic nitrogens is 2. The zero-order valence-electron chi connectivity index (χ0n) is 14.5. The third-order valence-corrected chi connectivity index (χ3v) is 5.24. The molecule has 2 heterocycles. The van der Waals surface area contributed by atoms with Crippen molar-refractivity contribution in [2.45, 2.75) is 24.6 Å². The van der Waals surface area contributed by atoms with Gasteiger partial charge in [-0.3, -0.25) is 9.48 Å². The highest BCUT2D eigenvalue weighted by molar-refractivity contribution is 7.98. The largest absolute Gasteiger partial charge is 0.350 e. The Morgan fingerprint density at radius 1 is 1.38 bits per heavy atom. The molecular weight excluding hydrogens is 375 g/mol. The fourth-order valence-electron chi connectivity index (χ4n) is 2.85. The molecule has 1 saturated heterocycles. The van der Waals surface area contributed by atoms with Gasteiger partial charge in [-0.2, -0.15) is 16.9 Å². The summed E-state index contributed by atoms with van der Waals surface area (Å²) >= 11 is 1.60. The van der Waals surface area contributed by atoms with Gasteiger partial charge in [0.25, 0.3) is 5.91 Å². The number of rotatable bonds is 7. The Bertz CT molecular complexity index is 706. The Morgan fingerprint density at radius 3 is 3.00 bits per heavy atom. The van der Waals surface area contributed by atoms with Crippen molar-refractivity contribution in [2.75, 3.05) is 25.4 Å². The van der Waals surface area contributed by atoms with Gasteiger partial charge in [-0.05, 0) is 37.1 Å². The van der Waals surface area contributed by atoms with E-state index in [4.69, 9.17) is 0 Å². The first kappa shape index (κ1) is 20.7. The van der Waals surface area contributed by atoms with Crippen LogP contribution in [0.5, 0.6) is 0 Å². The maximum atomic E-state index is 13.5. The smallest absolute Gasteiger partial charge is 0.271 e. The second-order valence-corrected chi connectivity index (χ2v) is 7.19. The summed E-state index contributed by atoms with van der Waals surface area (Å²) in [6.45, 7) is 2.49. The number of benzene rings is 1. The quantitative estimate of drug-likeness (QED) is 0.704. The molecule has 5 nitrogen and oxygen atoms in total. The van der Waals surface area contributed by atoms with Crippen LogP contribution in [0.4, 0.5) is 4.39 Å². The molecule has 0 spiro atoms. The Balaban J connectivity index is 0.00000243. The molecule has 1 aromatic heterocycles. The number of carbonyl (C=O) groups is 1. The number of hydrogen-bond acceptors (Lipinski definition) is 4. The number of piperidine rings is 1. The molecule has 0 radical (unpaired) electrons. The molecule has 2 aromatic rings. The number of nitrogens with zero attached hydrogens (tertiary/aromatic N) is 2. The normalized spacial score (nSPS) is 16.7. The molecule has 0 saturated carbocycles. The lowest BCUT2D eigenvalue weighted by atomic mass is 10.1. The summed E-state index contributed by atoms with van der Waals surface area (Å²) in [6.07, 6.45) is 4.09. The lowest BCUT2D eigenvalue weighted by Crippen LogP contribution is -2.32. The van der Waals surface area contributed by atoms with Gasteiger partial charge in [0.05, 0.1) is 6.04 Å². The van der Waals surface area contributed by atoms with E-state index in [9.17, 15) is 9.18 Å². The topological polar surface area (TPSA) is 59.0 Å². The van der Waals surface area contributed by atoms with Crippen molar-refractivity contribution in [1.29, 1.82) is 0 Å². The van der Waals surface area contributed by atoms with Crippen molar-refractivity contribution < 1.29 is 9.18 Å². The van der Waals surface area contributed by atoms with Crippen molar-refractivity contribution in [3.8, 4) is 0 Å². The Hall–Kier alpha value is -1.57. The highest BCUT2D eigenvalue weighted by Crippen LogP contribution is 2.16. The second kappa shape index (κ2) is 10.5. The average molecular weight is 399 g/mol. The van der Waals surface area contributed by atoms with Crippen LogP contribution in [0, 0.1) is 5.82 Å². The summed E-state index contributed by atoms with van der Waals surface area (Å²) in [4.78, 5) is 12.2. The number of hydrogen-bond donors (Lipinski definition) is 2. The summed E-state index contributed by atoms with van der Waals surface area (Å²) in [5.74, 6) is 0.995. The fraction of sp³-hybridized carbons (Fsp3) is 0.444. The van der Waals surface area contributed by atoms with Gasteiger partial charge in [0.1, 0.15) is 11.5 Å². The van der Waals surface area contributed by atoms with Crippen LogP contribution in [-0.2, 0) is 5.75 Å². The van der Waals surface area contributed by atoms with Gasteiger partial charge in [-0.15, -0.1) is 12.4 Å². The molecule has 1 aliphatic heterocycles. The van der Waals surface area contributed by atoms with Gasteiger partial charge in [-0.25, -0.2) is 4.39 Å². The van der Waals surface area contributed by atoms with E-state index >= 15 is 0 Å². The van der Waals surface area contributed by atoms with Crippen molar-refractivity contribution in [2.24, 2.45) is 0 Å². The highest BCUT2D eigenvalue weighted by atomic mass is 35.5. The van der Waals surface area contributed by atoms with Crippen LogP contribution in [0.1, 0.15) is 34.9 Å². The minimum atomic E-state index is -0.179. The van der Waals surface area contributed by atoms with Crippen molar-refractivity contribution >= 4 is 30.1 Å². The lowest BCUT2D eigenvalue weighted by molar-refractivity contribution is 0.0950. The zero-order chi connectivity index (χ0) is 17.5. The monoisotopic (exact) mass is 398 g/mol. The molecule has 0 aliphatic carbocycles.